The lowest BCUT2D eigenvalue weighted by Gasteiger charge is -2.16. The summed E-state index contributed by atoms with van der Waals surface area (Å²) in [5.41, 5.74) is 1.72. The van der Waals surface area contributed by atoms with Crippen LogP contribution in [0.1, 0.15) is 37.7 Å². The first-order chi connectivity index (χ1) is 11.1. The molecule has 2 heterocycles. The second kappa shape index (κ2) is 6.88. The summed E-state index contributed by atoms with van der Waals surface area (Å²) in [5, 5.41) is 4.97. The van der Waals surface area contributed by atoms with Crippen LogP contribution >= 0.6 is 11.8 Å². The number of carbonyl (C=O) groups excluding carboxylic acids is 2. The predicted octanol–water partition coefficient (Wildman–Crippen LogP) is 2.16. The quantitative estimate of drug-likeness (QED) is 0.603. The van der Waals surface area contributed by atoms with E-state index >= 15 is 0 Å². The molecule has 0 aliphatic heterocycles. The molecule has 0 atom stereocenters. The Bertz CT molecular complexity index is 793. The molecule has 2 rings (SSSR count). The van der Waals surface area contributed by atoms with Gasteiger partial charge in [-0.3, -0.25) is 9.59 Å². The lowest BCUT2D eigenvalue weighted by molar-refractivity contribution is -0.149. The number of Topliss-reactive ketones (excluding diaryl/α,β-unsaturated/α-hetero) is 1. The van der Waals surface area contributed by atoms with E-state index in [4.69, 9.17) is 4.74 Å². The van der Waals surface area contributed by atoms with Gasteiger partial charge in [0.15, 0.2) is 12.4 Å². The molecule has 0 aliphatic rings. The van der Waals surface area contributed by atoms with Crippen LogP contribution in [0.2, 0.25) is 0 Å². The first kappa shape index (κ1) is 18.4. The smallest absolute Gasteiger partial charge is 0.310 e. The molecular formula is C16H22N4O3S. The summed E-state index contributed by atoms with van der Waals surface area (Å²) in [4.78, 5) is 32.6. The molecule has 0 unspecified atom stereocenters. The van der Waals surface area contributed by atoms with Gasteiger partial charge in [0.25, 0.3) is 5.78 Å². The summed E-state index contributed by atoms with van der Waals surface area (Å²) in [5.74, 6) is -0.0571. The Morgan fingerprint density at radius 2 is 1.88 bits per heavy atom. The SMILES string of the molecule is CSc1nc2nc(C)c(CC(=O)OCC(=O)C(C)(C)C)c(C)n2n1. The highest BCUT2D eigenvalue weighted by Gasteiger charge is 2.23. The van der Waals surface area contributed by atoms with E-state index in [2.05, 4.69) is 15.1 Å². The van der Waals surface area contributed by atoms with E-state index in [0.717, 1.165) is 11.3 Å². The number of esters is 1. The summed E-state index contributed by atoms with van der Waals surface area (Å²) < 4.78 is 6.74. The Kier molecular flexibility index (Phi) is 5.27. The highest BCUT2D eigenvalue weighted by Crippen LogP contribution is 2.18. The van der Waals surface area contributed by atoms with E-state index in [0.29, 0.717) is 16.6 Å². The van der Waals surface area contributed by atoms with Crippen molar-refractivity contribution in [1.82, 2.24) is 19.6 Å². The third kappa shape index (κ3) is 3.92. The van der Waals surface area contributed by atoms with Gasteiger partial charge >= 0.3 is 5.97 Å². The zero-order valence-corrected chi connectivity index (χ0v) is 15.7. The van der Waals surface area contributed by atoms with E-state index in [1.165, 1.54) is 11.8 Å². The van der Waals surface area contributed by atoms with Gasteiger partial charge in [0.05, 0.1) is 6.42 Å². The first-order valence-electron chi connectivity index (χ1n) is 7.59. The summed E-state index contributed by atoms with van der Waals surface area (Å²) in [6, 6.07) is 0. The summed E-state index contributed by atoms with van der Waals surface area (Å²) in [6.45, 7) is 8.86. The number of aromatic nitrogens is 4. The molecule has 7 nitrogen and oxygen atoms in total. The van der Waals surface area contributed by atoms with Gasteiger partial charge in [-0.1, -0.05) is 32.5 Å². The van der Waals surface area contributed by atoms with Crippen LogP contribution in [0.5, 0.6) is 0 Å². The molecule has 0 spiro atoms. The second-order valence-corrected chi connectivity index (χ2v) is 7.36. The number of rotatable bonds is 5. The molecule has 0 aliphatic carbocycles. The minimum atomic E-state index is -0.526. The fourth-order valence-corrected chi connectivity index (χ4v) is 2.43. The van der Waals surface area contributed by atoms with Crippen LogP contribution in [0.15, 0.2) is 5.16 Å². The monoisotopic (exact) mass is 350 g/mol. The van der Waals surface area contributed by atoms with E-state index in [1.807, 2.05) is 20.1 Å². The number of nitrogens with zero attached hydrogens (tertiary/aromatic N) is 4. The number of ether oxygens (including phenoxy) is 1. The van der Waals surface area contributed by atoms with Crippen molar-refractivity contribution in [2.45, 2.75) is 46.2 Å². The van der Waals surface area contributed by atoms with Crippen molar-refractivity contribution >= 4 is 29.3 Å². The van der Waals surface area contributed by atoms with E-state index in [-0.39, 0.29) is 18.8 Å². The standard InChI is InChI=1S/C16H22N4O3S/c1-9-11(7-13(22)23-8-12(21)16(3,4)5)10(2)20-14(17-9)18-15(19-20)24-6/h7-8H2,1-6H3. The number of ketones is 1. The van der Waals surface area contributed by atoms with Crippen LogP contribution in [0, 0.1) is 19.3 Å². The second-order valence-electron chi connectivity index (χ2n) is 6.58. The van der Waals surface area contributed by atoms with Gasteiger partial charge in [-0.05, 0) is 20.1 Å². The van der Waals surface area contributed by atoms with Crippen molar-refractivity contribution in [1.29, 1.82) is 0 Å². The summed E-state index contributed by atoms with van der Waals surface area (Å²) >= 11 is 1.43. The highest BCUT2D eigenvalue weighted by atomic mass is 32.2. The molecule has 2 aromatic heterocycles. The first-order valence-corrected chi connectivity index (χ1v) is 8.81. The molecule has 0 amide bonds. The van der Waals surface area contributed by atoms with Gasteiger partial charge in [0, 0.05) is 22.4 Å². The van der Waals surface area contributed by atoms with Crippen LogP contribution in [-0.2, 0) is 20.7 Å². The van der Waals surface area contributed by atoms with Crippen LogP contribution in [0.3, 0.4) is 0 Å². The number of fused-ring (bicyclic) bond motifs is 1. The Labute approximate surface area is 145 Å². The number of aryl methyl sites for hydroxylation is 2. The molecule has 0 N–H and O–H groups in total. The van der Waals surface area contributed by atoms with Crippen molar-refractivity contribution in [3.05, 3.63) is 17.0 Å². The molecule has 24 heavy (non-hydrogen) atoms. The van der Waals surface area contributed by atoms with Gasteiger partial charge in [-0.2, -0.15) is 4.98 Å². The van der Waals surface area contributed by atoms with Crippen LogP contribution < -0.4 is 0 Å². The zero-order chi connectivity index (χ0) is 18.1. The zero-order valence-electron chi connectivity index (χ0n) is 14.8. The fourth-order valence-electron chi connectivity index (χ4n) is 2.09. The summed E-state index contributed by atoms with van der Waals surface area (Å²) in [6.07, 6.45) is 1.94. The van der Waals surface area contributed by atoms with Crippen LogP contribution in [0.4, 0.5) is 0 Å². The number of thioether (sulfide) groups is 1. The average molecular weight is 350 g/mol. The largest absolute Gasteiger partial charge is 0.457 e. The van der Waals surface area contributed by atoms with E-state index in [9.17, 15) is 9.59 Å². The predicted molar refractivity (Wildman–Crippen MR) is 91.2 cm³/mol. The molecule has 0 bridgehead atoms. The number of hydrogen-bond acceptors (Lipinski definition) is 7. The van der Waals surface area contributed by atoms with Crippen molar-refractivity contribution in [3.63, 3.8) is 0 Å². The Hall–Kier alpha value is -1.96. The molecule has 2 aromatic rings. The highest BCUT2D eigenvalue weighted by molar-refractivity contribution is 7.98. The van der Waals surface area contributed by atoms with E-state index in [1.54, 1.807) is 25.3 Å². The van der Waals surface area contributed by atoms with Crippen molar-refractivity contribution in [2.75, 3.05) is 12.9 Å². The Morgan fingerprint density at radius 1 is 1.21 bits per heavy atom. The number of hydrogen-bond donors (Lipinski definition) is 0. The van der Waals surface area contributed by atoms with Gasteiger partial charge in [0.1, 0.15) is 0 Å². The maximum absolute atomic E-state index is 12.1. The fraction of sp³-hybridized carbons (Fsp3) is 0.562. The molecule has 8 heteroatoms. The van der Waals surface area contributed by atoms with Crippen LogP contribution in [0.25, 0.3) is 5.78 Å². The van der Waals surface area contributed by atoms with Gasteiger partial charge in [0.2, 0.25) is 5.16 Å². The van der Waals surface area contributed by atoms with Gasteiger partial charge in [-0.25, -0.2) is 9.50 Å². The average Bonchev–Trinajstić information content (AvgIpc) is 2.91. The molecule has 130 valence electrons. The molecular weight excluding hydrogens is 328 g/mol. The molecule has 0 aromatic carbocycles. The minimum Gasteiger partial charge on any atom is -0.457 e. The maximum Gasteiger partial charge on any atom is 0.310 e. The molecule has 0 radical (unpaired) electrons. The topological polar surface area (TPSA) is 86.5 Å². The molecule has 0 fully saturated rings. The minimum absolute atomic E-state index is 0.0481. The molecule has 0 saturated carbocycles. The Balaban J connectivity index is 2.17. The maximum atomic E-state index is 12.1. The van der Waals surface area contributed by atoms with Crippen molar-refractivity contribution in [3.8, 4) is 0 Å². The number of carbonyl (C=O) groups is 2. The normalized spacial score (nSPS) is 11.8. The lowest BCUT2D eigenvalue weighted by atomic mass is 9.91. The summed E-state index contributed by atoms with van der Waals surface area (Å²) in [7, 11) is 0. The third-order valence-corrected chi connectivity index (χ3v) is 4.27. The van der Waals surface area contributed by atoms with Gasteiger partial charge < -0.3 is 4.74 Å². The lowest BCUT2D eigenvalue weighted by Crippen LogP contribution is -2.27. The Morgan fingerprint density at radius 3 is 2.46 bits per heavy atom. The van der Waals surface area contributed by atoms with Crippen LogP contribution in [-0.4, -0.2) is 44.2 Å². The van der Waals surface area contributed by atoms with Crippen molar-refractivity contribution < 1.29 is 14.3 Å². The van der Waals surface area contributed by atoms with Gasteiger partial charge in [-0.15, -0.1) is 5.10 Å². The van der Waals surface area contributed by atoms with E-state index < -0.39 is 11.4 Å². The molecule has 0 saturated heterocycles. The third-order valence-electron chi connectivity index (χ3n) is 3.73. The van der Waals surface area contributed by atoms with Crippen molar-refractivity contribution in [2.24, 2.45) is 5.41 Å².